The minimum absolute atomic E-state index is 0.0426. The van der Waals surface area contributed by atoms with Crippen LogP contribution in [0.15, 0.2) is 40.8 Å². The van der Waals surface area contributed by atoms with Gasteiger partial charge in [0.25, 0.3) is 5.91 Å². The van der Waals surface area contributed by atoms with Gasteiger partial charge >= 0.3 is 0 Å². The molecule has 5 heteroatoms. The van der Waals surface area contributed by atoms with E-state index in [1.165, 1.54) is 11.1 Å². The molecule has 3 aromatic rings. The zero-order chi connectivity index (χ0) is 21.0. The normalized spacial score (nSPS) is 20.6. The Labute approximate surface area is 175 Å². The first-order chi connectivity index (χ1) is 14.4. The number of carbonyl (C=O) groups is 2. The highest BCUT2D eigenvalue weighted by atomic mass is 16.5. The van der Waals surface area contributed by atoms with Crippen molar-refractivity contribution < 1.29 is 18.7 Å². The number of hydrogen-bond donors (Lipinski definition) is 0. The molecule has 0 radical (unpaired) electrons. The number of ketones is 1. The van der Waals surface area contributed by atoms with Crippen molar-refractivity contribution in [2.75, 3.05) is 6.54 Å². The van der Waals surface area contributed by atoms with Gasteiger partial charge in [0.05, 0.1) is 12.0 Å². The fourth-order valence-electron chi connectivity index (χ4n) is 4.63. The maximum absolute atomic E-state index is 13.3. The lowest BCUT2D eigenvalue weighted by atomic mass is 9.87. The highest BCUT2D eigenvalue weighted by Gasteiger charge is 2.38. The lowest BCUT2D eigenvalue weighted by Crippen LogP contribution is -2.38. The minimum atomic E-state index is -0.491. The summed E-state index contributed by atoms with van der Waals surface area (Å²) in [6.45, 7) is 7.07. The van der Waals surface area contributed by atoms with Crippen molar-refractivity contribution in [2.45, 2.75) is 52.2 Å². The number of ether oxygens (including phenoxy) is 1. The van der Waals surface area contributed by atoms with E-state index < -0.39 is 5.60 Å². The van der Waals surface area contributed by atoms with Gasteiger partial charge in [0.1, 0.15) is 16.9 Å². The number of carbonyl (C=O) groups excluding carboxylic acids is 2. The lowest BCUT2D eigenvalue weighted by molar-refractivity contribution is 0.0502. The molecular weight excluding hydrogens is 378 g/mol. The Balaban J connectivity index is 1.54. The van der Waals surface area contributed by atoms with Crippen LogP contribution in [0.5, 0.6) is 5.75 Å². The highest BCUT2D eigenvalue weighted by molar-refractivity contribution is 6.13. The predicted molar refractivity (Wildman–Crippen MR) is 114 cm³/mol. The van der Waals surface area contributed by atoms with Crippen LogP contribution in [0.4, 0.5) is 0 Å². The van der Waals surface area contributed by atoms with Crippen LogP contribution in [-0.2, 0) is 13.0 Å². The van der Waals surface area contributed by atoms with Crippen LogP contribution in [0.3, 0.4) is 0 Å². The van der Waals surface area contributed by atoms with Crippen LogP contribution in [0.1, 0.15) is 64.3 Å². The summed E-state index contributed by atoms with van der Waals surface area (Å²) in [5.41, 5.74) is 3.79. The molecule has 1 aromatic heterocycles. The number of nitrogens with zero attached hydrogens (tertiary/aromatic N) is 1. The number of benzene rings is 2. The second-order valence-corrected chi connectivity index (χ2v) is 8.62. The van der Waals surface area contributed by atoms with Crippen molar-refractivity contribution in [3.05, 3.63) is 64.4 Å². The Morgan fingerprint density at radius 1 is 1.17 bits per heavy atom. The Morgan fingerprint density at radius 2 is 1.93 bits per heavy atom. The number of Topliss-reactive ketones (excluding diaryl/α,β-unsaturated/α-hetero) is 1. The van der Waals surface area contributed by atoms with E-state index in [9.17, 15) is 9.59 Å². The SMILES string of the molecule is CCC1(C)CC(=O)c2c(ccc3oc(C(=O)N4CCc5ccccc5C4)c(C)c23)O1. The molecule has 154 valence electrons. The lowest BCUT2D eigenvalue weighted by Gasteiger charge is -2.34. The van der Waals surface area contributed by atoms with E-state index in [0.717, 1.165) is 12.8 Å². The van der Waals surface area contributed by atoms with Gasteiger partial charge in [0.15, 0.2) is 11.5 Å². The predicted octanol–water partition coefficient (Wildman–Crippen LogP) is 5.07. The molecule has 2 aromatic carbocycles. The number of amides is 1. The summed E-state index contributed by atoms with van der Waals surface area (Å²) >= 11 is 0. The van der Waals surface area contributed by atoms with Gasteiger partial charge in [-0.1, -0.05) is 31.2 Å². The number of hydrogen-bond acceptors (Lipinski definition) is 4. The number of furan rings is 1. The Morgan fingerprint density at radius 3 is 2.70 bits per heavy atom. The molecule has 1 amide bonds. The van der Waals surface area contributed by atoms with Crippen LogP contribution in [0.25, 0.3) is 11.0 Å². The Bertz CT molecular complexity index is 1190. The van der Waals surface area contributed by atoms with Gasteiger partial charge in [-0.15, -0.1) is 0 Å². The summed E-state index contributed by atoms with van der Waals surface area (Å²) in [7, 11) is 0. The third-order valence-electron chi connectivity index (χ3n) is 6.59. The molecule has 2 aliphatic heterocycles. The number of rotatable bonds is 2. The molecule has 30 heavy (non-hydrogen) atoms. The average molecular weight is 403 g/mol. The monoisotopic (exact) mass is 403 g/mol. The molecule has 5 nitrogen and oxygen atoms in total. The van der Waals surface area contributed by atoms with Gasteiger partial charge in [0, 0.05) is 24.0 Å². The molecule has 1 atom stereocenters. The van der Waals surface area contributed by atoms with Crippen molar-refractivity contribution >= 4 is 22.7 Å². The molecule has 0 spiro atoms. The topological polar surface area (TPSA) is 59.8 Å². The van der Waals surface area contributed by atoms with Crippen molar-refractivity contribution in [3.63, 3.8) is 0 Å². The van der Waals surface area contributed by atoms with E-state index >= 15 is 0 Å². The van der Waals surface area contributed by atoms with E-state index in [2.05, 4.69) is 12.1 Å². The zero-order valence-electron chi connectivity index (χ0n) is 17.6. The summed E-state index contributed by atoms with van der Waals surface area (Å²) in [4.78, 5) is 28.2. The molecule has 1 unspecified atom stereocenters. The van der Waals surface area contributed by atoms with E-state index in [4.69, 9.17) is 9.15 Å². The zero-order valence-corrected chi connectivity index (χ0v) is 17.6. The molecule has 0 aliphatic carbocycles. The third kappa shape index (κ3) is 2.83. The second-order valence-electron chi connectivity index (χ2n) is 8.62. The maximum Gasteiger partial charge on any atom is 0.290 e. The summed E-state index contributed by atoms with van der Waals surface area (Å²) < 4.78 is 12.2. The molecule has 0 fully saturated rings. The van der Waals surface area contributed by atoms with Crippen molar-refractivity contribution in [1.29, 1.82) is 0 Å². The van der Waals surface area contributed by atoms with Crippen molar-refractivity contribution in [1.82, 2.24) is 4.90 Å². The molecular formula is C25H25NO4. The van der Waals surface area contributed by atoms with Crippen LogP contribution < -0.4 is 4.74 Å². The van der Waals surface area contributed by atoms with Crippen LogP contribution in [0.2, 0.25) is 0 Å². The molecule has 3 heterocycles. The van der Waals surface area contributed by atoms with Crippen LogP contribution >= 0.6 is 0 Å². The fourth-order valence-corrected chi connectivity index (χ4v) is 4.63. The van der Waals surface area contributed by atoms with Crippen molar-refractivity contribution in [2.24, 2.45) is 0 Å². The summed E-state index contributed by atoms with van der Waals surface area (Å²) in [6.07, 6.45) is 1.91. The first-order valence-corrected chi connectivity index (χ1v) is 10.5. The van der Waals surface area contributed by atoms with E-state index in [1.807, 2.05) is 37.8 Å². The summed E-state index contributed by atoms with van der Waals surface area (Å²) in [5, 5.41) is 0.705. The summed E-state index contributed by atoms with van der Waals surface area (Å²) in [5.74, 6) is 0.808. The van der Waals surface area contributed by atoms with Crippen molar-refractivity contribution in [3.8, 4) is 5.75 Å². The molecule has 0 N–H and O–H groups in total. The van der Waals surface area contributed by atoms with Gasteiger partial charge in [0.2, 0.25) is 0 Å². The van der Waals surface area contributed by atoms with Gasteiger partial charge in [-0.05, 0) is 49.9 Å². The molecule has 0 saturated heterocycles. The standard InChI is InChI=1S/C25H25NO4/c1-4-25(3)13-18(27)22-20(30-25)10-9-19-21(22)15(2)23(29-19)24(28)26-12-11-16-7-5-6-8-17(16)14-26/h5-10H,4,11-14H2,1-3H3. The van der Waals surface area contributed by atoms with E-state index in [0.29, 0.717) is 53.1 Å². The van der Waals surface area contributed by atoms with E-state index in [1.54, 1.807) is 12.1 Å². The van der Waals surface area contributed by atoms with Gasteiger partial charge in [-0.25, -0.2) is 0 Å². The van der Waals surface area contributed by atoms with Gasteiger partial charge in [-0.2, -0.15) is 0 Å². The number of aryl methyl sites for hydroxylation is 1. The maximum atomic E-state index is 13.3. The molecule has 5 rings (SSSR count). The molecule has 2 aliphatic rings. The quantitative estimate of drug-likeness (QED) is 0.599. The fraction of sp³-hybridized carbons (Fsp3) is 0.360. The highest BCUT2D eigenvalue weighted by Crippen LogP contribution is 2.41. The van der Waals surface area contributed by atoms with Crippen LogP contribution in [0, 0.1) is 6.92 Å². The van der Waals surface area contributed by atoms with Gasteiger partial charge in [-0.3, -0.25) is 9.59 Å². The smallest absolute Gasteiger partial charge is 0.290 e. The average Bonchev–Trinajstić information content (AvgIpc) is 3.09. The first kappa shape index (κ1) is 18.9. The molecule has 0 saturated carbocycles. The minimum Gasteiger partial charge on any atom is -0.486 e. The third-order valence-corrected chi connectivity index (χ3v) is 6.59. The first-order valence-electron chi connectivity index (χ1n) is 10.5. The Kier molecular flexibility index (Phi) is 4.24. The van der Waals surface area contributed by atoms with E-state index in [-0.39, 0.29) is 11.7 Å². The van der Waals surface area contributed by atoms with Crippen LogP contribution in [-0.4, -0.2) is 28.7 Å². The van der Waals surface area contributed by atoms with Gasteiger partial charge < -0.3 is 14.1 Å². The molecule has 0 bridgehead atoms. The number of fused-ring (bicyclic) bond motifs is 4. The Hall–Kier alpha value is -3.08. The summed E-state index contributed by atoms with van der Waals surface area (Å²) in [6, 6.07) is 11.8. The second kappa shape index (κ2) is 6.73. The largest absolute Gasteiger partial charge is 0.486 e.